The molecule has 0 aliphatic rings. The van der Waals surface area contributed by atoms with Gasteiger partial charge in [0.1, 0.15) is 0 Å². The van der Waals surface area contributed by atoms with E-state index in [0.717, 1.165) is 11.4 Å². The van der Waals surface area contributed by atoms with Crippen LogP contribution in [0, 0.1) is 0 Å². The first kappa shape index (κ1) is 9.85. The van der Waals surface area contributed by atoms with Crippen LogP contribution in [0.2, 0.25) is 0 Å². The van der Waals surface area contributed by atoms with Crippen LogP contribution in [0.25, 0.3) is 22.5 Å². The molecular formula is C15H13N2+. The molecule has 2 aromatic carbocycles. The molecule has 0 spiro atoms. The minimum absolute atomic E-state index is 1.12. The van der Waals surface area contributed by atoms with Gasteiger partial charge < -0.3 is 0 Å². The van der Waals surface area contributed by atoms with Gasteiger partial charge in [0.15, 0.2) is 11.4 Å². The summed E-state index contributed by atoms with van der Waals surface area (Å²) in [6, 6.07) is 20.7. The van der Waals surface area contributed by atoms with Gasteiger partial charge in [-0.1, -0.05) is 60.7 Å². The molecule has 2 heteroatoms. The first-order chi connectivity index (χ1) is 8.45. The van der Waals surface area contributed by atoms with Crippen molar-refractivity contribution in [3.63, 3.8) is 0 Å². The van der Waals surface area contributed by atoms with E-state index in [4.69, 9.17) is 0 Å². The van der Waals surface area contributed by atoms with Gasteiger partial charge in [0.2, 0.25) is 6.33 Å². The predicted octanol–water partition coefficient (Wildman–Crippen LogP) is 3.16. The van der Waals surface area contributed by atoms with Crippen molar-refractivity contribution in [3.05, 3.63) is 67.0 Å². The molecule has 0 radical (unpaired) electrons. The average Bonchev–Trinajstić information content (AvgIpc) is 2.90. The molecule has 0 amide bonds. The number of hydrogen-bond donors (Lipinski definition) is 1. The number of imidazole rings is 1. The summed E-state index contributed by atoms with van der Waals surface area (Å²) >= 11 is 0. The van der Waals surface area contributed by atoms with Gasteiger partial charge in [0.25, 0.3) is 0 Å². The molecule has 1 heterocycles. The summed E-state index contributed by atoms with van der Waals surface area (Å²) in [5, 5.41) is 0. The topological polar surface area (TPSA) is 29.9 Å². The summed E-state index contributed by atoms with van der Waals surface area (Å²) in [6.45, 7) is 0. The van der Waals surface area contributed by atoms with E-state index < -0.39 is 0 Å². The minimum Gasteiger partial charge on any atom is -0.243 e. The lowest BCUT2D eigenvalue weighted by atomic mass is 10.1. The second-order valence-corrected chi connectivity index (χ2v) is 3.92. The van der Waals surface area contributed by atoms with E-state index in [2.05, 4.69) is 34.2 Å². The Morgan fingerprint density at radius 2 is 1.29 bits per heavy atom. The van der Waals surface area contributed by atoms with Gasteiger partial charge in [-0.15, -0.1) is 0 Å². The van der Waals surface area contributed by atoms with Crippen LogP contribution in [0.3, 0.4) is 0 Å². The van der Waals surface area contributed by atoms with Crippen molar-refractivity contribution in [1.82, 2.24) is 4.98 Å². The van der Waals surface area contributed by atoms with Gasteiger partial charge in [-0.25, -0.2) is 9.97 Å². The van der Waals surface area contributed by atoms with E-state index in [1.807, 2.05) is 42.7 Å². The maximum atomic E-state index is 3.26. The van der Waals surface area contributed by atoms with Crippen LogP contribution in [0.4, 0.5) is 0 Å². The fraction of sp³-hybridized carbons (Fsp3) is 0. The van der Waals surface area contributed by atoms with Crippen molar-refractivity contribution in [1.29, 1.82) is 0 Å². The highest BCUT2D eigenvalue weighted by Gasteiger charge is 2.14. The molecule has 2 N–H and O–H groups in total. The molecule has 0 aliphatic heterocycles. The monoisotopic (exact) mass is 221 g/mol. The lowest BCUT2D eigenvalue weighted by molar-refractivity contribution is -0.362. The summed E-state index contributed by atoms with van der Waals surface area (Å²) in [4.78, 5) is 6.53. The second-order valence-electron chi connectivity index (χ2n) is 3.92. The van der Waals surface area contributed by atoms with E-state index in [1.165, 1.54) is 11.1 Å². The first-order valence-corrected chi connectivity index (χ1v) is 5.65. The van der Waals surface area contributed by atoms with Gasteiger partial charge in [-0.05, 0) is 0 Å². The number of nitrogens with one attached hydrogen (secondary N) is 2. The number of rotatable bonds is 2. The van der Waals surface area contributed by atoms with Crippen molar-refractivity contribution in [3.8, 4) is 22.5 Å². The third kappa shape index (κ3) is 1.85. The van der Waals surface area contributed by atoms with Crippen LogP contribution < -0.4 is 4.98 Å². The third-order valence-electron chi connectivity index (χ3n) is 2.81. The number of aromatic nitrogens is 2. The van der Waals surface area contributed by atoms with Gasteiger partial charge in [-0.3, -0.25) is 0 Å². The highest BCUT2D eigenvalue weighted by atomic mass is 14.9. The van der Waals surface area contributed by atoms with E-state index in [0.29, 0.717) is 0 Å². The summed E-state index contributed by atoms with van der Waals surface area (Å²) in [7, 11) is 0. The molecule has 17 heavy (non-hydrogen) atoms. The second kappa shape index (κ2) is 4.26. The number of aromatic amines is 2. The van der Waals surface area contributed by atoms with Crippen LogP contribution in [0.5, 0.6) is 0 Å². The Balaban J connectivity index is 2.13. The van der Waals surface area contributed by atoms with Crippen molar-refractivity contribution in [2.75, 3.05) is 0 Å². The van der Waals surface area contributed by atoms with E-state index >= 15 is 0 Å². The summed E-state index contributed by atoms with van der Waals surface area (Å²) in [6.07, 6.45) is 1.87. The Hall–Kier alpha value is -2.35. The molecule has 0 fully saturated rings. The molecule has 0 unspecified atom stereocenters. The Morgan fingerprint density at radius 1 is 0.706 bits per heavy atom. The maximum Gasteiger partial charge on any atom is 0.240 e. The fourth-order valence-corrected chi connectivity index (χ4v) is 1.99. The molecule has 3 aromatic rings. The zero-order valence-electron chi connectivity index (χ0n) is 9.35. The van der Waals surface area contributed by atoms with Gasteiger partial charge in [-0.2, -0.15) is 0 Å². The maximum absolute atomic E-state index is 3.26. The molecule has 82 valence electrons. The molecular weight excluding hydrogens is 208 g/mol. The van der Waals surface area contributed by atoms with Crippen molar-refractivity contribution >= 4 is 0 Å². The molecule has 0 bridgehead atoms. The van der Waals surface area contributed by atoms with Crippen molar-refractivity contribution in [2.45, 2.75) is 0 Å². The molecule has 3 rings (SSSR count). The fourth-order valence-electron chi connectivity index (χ4n) is 1.99. The summed E-state index contributed by atoms with van der Waals surface area (Å²) < 4.78 is 0. The van der Waals surface area contributed by atoms with Crippen LogP contribution >= 0.6 is 0 Å². The zero-order valence-corrected chi connectivity index (χ0v) is 9.35. The standard InChI is InChI=1S/C15H12N2/c1-3-7-12(8-4-1)14-15(17-11-16-14)13-9-5-2-6-10-13/h1-11H,(H,16,17)/p+1. The smallest absolute Gasteiger partial charge is 0.240 e. The lowest BCUT2D eigenvalue weighted by Gasteiger charge is -1.98. The number of benzene rings is 2. The van der Waals surface area contributed by atoms with Gasteiger partial charge >= 0.3 is 0 Å². The van der Waals surface area contributed by atoms with Crippen LogP contribution in [-0.2, 0) is 0 Å². The quantitative estimate of drug-likeness (QED) is 0.689. The lowest BCUT2D eigenvalue weighted by Crippen LogP contribution is -1.99. The van der Waals surface area contributed by atoms with Gasteiger partial charge in [0, 0.05) is 11.1 Å². The third-order valence-corrected chi connectivity index (χ3v) is 2.81. The summed E-state index contributed by atoms with van der Waals surface area (Å²) in [5.74, 6) is 0. The Morgan fingerprint density at radius 3 is 1.94 bits per heavy atom. The number of hydrogen-bond acceptors (Lipinski definition) is 0. The predicted molar refractivity (Wildman–Crippen MR) is 68.2 cm³/mol. The van der Waals surface area contributed by atoms with Crippen LogP contribution in [-0.4, -0.2) is 4.98 Å². The van der Waals surface area contributed by atoms with E-state index in [1.54, 1.807) is 0 Å². The molecule has 0 saturated heterocycles. The van der Waals surface area contributed by atoms with E-state index in [-0.39, 0.29) is 0 Å². The molecule has 2 nitrogen and oxygen atoms in total. The van der Waals surface area contributed by atoms with Gasteiger partial charge in [0.05, 0.1) is 0 Å². The van der Waals surface area contributed by atoms with Crippen LogP contribution in [0.1, 0.15) is 0 Å². The molecule has 0 aliphatic carbocycles. The van der Waals surface area contributed by atoms with E-state index in [9.17, 15) is 0 Å². The summed E-state index contributed by atoms with van der Waals surface area (Å²) in [5.41, 5.74) is 4.62. The largest absolute Gasteiger partial charge is 0.243 e. The Bertz CT molecular complexity index is 543. The highest BCUT2D eigenvalue weighted by molar-refractivity contribution is 5.75. The van der Waals surface area contributed by atoms with Crippen molar-refractivity contribution < 1.29 is 4.98 Å². The minimum atomic E-state index is 1.12. The zero-order chi connectivity index (χ0) is 11.5. The SMILES string of the molecule is c1ccc(-c2[nH]c[nH+]c2-c2ccccc2)cc1. The first-order valence-electron chi connectivity index (χ1n) is 5.65. The molecule has 0 saturated carbocycles. The Kier molecular flexibility index (Phi) is 2.47. The normalized spacial score (nSPS) is 10.4. The average molecular weight is 221 g/mol. The Labute approximate surface area is 100.0 Å². The highest BCUT2D eigenvalue weighted by Crippen LogP contribution is 2.26. The van der Waals surface area contributed by atoms with Crippen LogP contribution in [0.15, 0.2) is 67.0 Å². The molecule has 0 atom stereocenters. The van der Waals surface area contributed by atoms with Crippen molar-refractivity contribution in [2.24, 2.45) is 0 Å². The molecule has 1 aromatic heterocycles. The number of H-pyrrole nitrogens is 2.